The van der Waals surface area contributed by atoms with Gasteiger partial charge in [0, 0.05) is 50.8 Å². The molecule has 1 aliphatic rings. The van der Waals surface area contributed by atoms with Gasteiger partial charge in [-0.1, -0.05) is 42.0 Å². The number of amides is 1. The summed E-state index contributed by atoms with van der Waals surface area (Å²) in [7, 11) is 1.71. The fraction of sp³-hybridized carbons (Fsp3) is 0.360. The lowest BCUT2D eigenvalue weighted by Crippen LogP contribution is -2.49. The molecular weight excluding hydrogens is 422 g/mol. The molecule has 1 aliphatic heterocycles. The van der Waals surface area contributed by atoms with Crippen molar-refractivity contribution in [3.8, 4) is 16.3 Å². The van der Waals surface area contributed by atoms with E-state index in [0.29, 0.717) is 12.3 Å². The van der Waals surface area contributed by atoms with Gasteiger partial charge in [-0.15, -0.1) is 11.3 Å². The number of benzene rings is 2. The molecule has 0 spiro atoms. The molecular formula is C25H29N3O3S. The van der Waals surface area contributed by atoms with Gasteiger partial charge in [-0.05, 0) is 24.6 Å². The van der Waals surface area contributed by atoms with Crippen molar-refractivity contribution in [3.05, 3.63) is 70.7 Å². The zero-order valence-corrected chi connectivity index (χ0v) is 19.4. The molecule has 0 bridgehead atoms. The average Bonchev–Trinajstić information content (AvgIpc) is 3.32. The normalized spacial score (nSPS) is 14.5. The molecule has 0 unspecified atom stereocenters. The predicted molar refractivity (Wildman–Crippen MR) is 127 cm³/mol. The van der Waals surface area contributed by atoms with E-state index in [9.17, 15) is 4.79 Å². The zero-order chi connectivity index (χ0) is 22.3. The average molecular weight is 452 g/mol. The van der Waals surface area contributed by atoms with E-state index < -0.39 is 0 Å². The van der Waals surface area contributed by atoms with Crippen LogP contribution in [0.3, 0.4) is 0 Å². The van der Waals surface area contributed by atoms with E-state index in [2.05, 4.69) is 35.0 Å². The number of hydrogen-bond donors (Lipinski definition) is 0. The fourth-order valence-corrected chi connectivity index (χ4v) is 4.54. The Morgan fingerprint density at radius 3 is 2.69 bits per heavy atom. The van der Waals surface area contributed by atoms with Crippen molar-refractivity contribution in [1.29, 1.82) is 0 Å². The quantitative estimate of drug-likeness (QED) is 0.516. The SMILES string of the molecule is COCCN1CCN(C(=O)c2csc(-c3cccc(OCc4cccc(C)c4)c3)n2)CC1. The predicted octanol–water partition coefficient (Wildman–Crippen LogP) is 4.10. The third-order valence-corrected chi connectivity index (χ3v) is 6.45. The third-order valence-electron chi connectivity index (χ3n) is 5.56. The molecule has 6 nitrogen and oxygen atoms in total. The van der Waals surface area contributed by atoms with Crippen molar-refractivity contribution in [2.24, 2.45) is 0 Å². The standard InChI is InChI=1S/C25H29N3O3S/c1-19-5-3-6-20(15-19)17-31-22-8-4-7-21(16-22)24-26-23(18-32-24)25(29)28-11-9-27(10-12-28)13-14-30-2/h3-8,15-16,18H,9-14,17H2,1-2H3. The van der Waals surface area contributed by atoms with Crippen LogP contribution in [0.4, 0.5) is 0 Å². The lowest BCUT2D eigenvalue weighted by Gasteiger charge is -2.34. The van der Waals surface area contributed by atoms with Crippen LogP contribution in [0.15, 0.2) is 53.9 Å². The molecule has 32 heavy (non-hydrogen) atoms. The van der Waals surface area contributed by atoms with Crippen LogP contribution in [0, 0.1) is 6.92 Å². The molecule has 1 aromatic heterocycles. The van der Waals surface area contributed by atoms with E-state index in [1.165, 1.54) is 16.9 Å². The Labute approximate surface area is 193 Å². The summed E-state index contributed by atoms with van der Waals surface area (Å²) in [6, 6.07) is 16.2. The number of ether oxygens (including phenoxy) is 2. The van der Waals surface area contributed by atoms with Crippen molar-refractivity contribution in [3.63, 3.8) is 0 Å². The maximum Gasteiger partial charge on any atom is 0.273 e. The van der Waals surface area contributed by atoms with Crippen LogP contribution in [0.5, 0.6) is 5.75 Å². The van der Waals surface area contributed by atoms with Crippen LogP contribution in [0.1, 0.15) is 21.6 Å². The van der Waals surface area contributed by atoms with Crippen LogP contribution >= 0.6 is 11.3 Å². The highest BCUT2D eigenvalue weighted by Gasteiger charge is 2.23. The summed E-state index contributed by atoms with van der Waals surface area (Å²) < 4.78 is 11.1. The molecule has 1 amide bonds. The second-order valence-electron chi connectivity index (χ2n) is 7.97. The molecule has 0 radical (unpaired) electrons. The Morgan fingerprint density at radius 2 is 1.91 bits per heavy atom. The van der Waals surface area contributed by atoms with Crippen molar-refractivity contribution < 1.29 is 14.3 Å². The van der Waals surface area contributed by atoms with E-state index >= 15 is 0 Å². The largest absolute Gasteiger partial charge is 0.489 e. The Kier molecular flexibility index (Phi) is 7.52. The number of nitrogens with zero attached hydrogens (tertiary/aromatic N) is 3. The van der Waals surface area contributed by atoms with Crippen molar-refractivity contribution >= 4 is 17.2 Å². The summed E-state index contributed by atoms with van der Waals surface area (Å²) >= 11 is 1.49. The van der Waals surface area contributed by atoms with E-state index in [4.69, 9.17) is 9.47 Å². The van der Waals surface area contributed by atoms with Gasteiger partial charge in [0.05, 0.1) is 6.61 Å². The van der Waals surface area contributed by atoms with Gasteiger partial charge in [0.25, 0.3) is 5.91 Å². The maximum absolute atomic E-state index is 12.9. The first-order valence-electron chi connectivity index (χ1n) is 10.9. The highest BCUT2D eigenvalue weighted by atomic mass is 32.1. The number of carbonyl (C=O) groups is 1. The van der Waals surface area contributed by atoms with Crippen LogP contribution < -0.4 is 4.74 Å². The zero-order valence-electron chi connectivity index (χ0n) is 18.6. The maximum atomic E-state index is 12.9. The Balaban J connectivity index is 1.37. The lowest BCUT2D eigenvalue weighted by molar-refractivity contribution is 0.0589. The first-order chi connectivity index (χ1) is 15.6. The highest BCUT2D eigenvalue weighted by molar-refractivity contribution is 7.13. The monoisotopic (exact) mass is 451 g/mol. The Bertz CT molecular complexity index is 1040. The Hall–Kier alpha value is -2.74. The second-order valence-corrected chi connectivity index (χ2v) is 8.83. The summed E-state index contributed by atoms with van der Waals surface area (Å²) in [6.45, 7) is 7.39. The molecule has 0 atom stereocenters. The first-order valence-corrected chi connectivity index (χ1v) is 11.8. The van der Waals surface area contributed by atoms with Gasteiger partial charge >= 0.3 is 0 Å². The molecule has 0 aliphatic carbocycles. The summed E-state index contributed by atoms with van der Waals surface area (Å²) in [6.07, 6.45) is 0. The van der Waals surface area contributed by atoms with Gasteiger partial charge in [-0.2, -0.15) is 0 Å². The molecule has 0 saturated carbocycles. The van der Waals surface area contributed by atoms with Gasteiger partial charge in [0.15, 0.2) is 0 Å². The van der Waals surface area contributed by atoms with Gasteiger partial charge in [0.1, 0.15) is 23.1 Å². The van der Waals surface area contributed by atoms with Crippen molar-refractivity contribution in [2.75, 3.05) is 46.4 Å². The minimum atomic E-state index is 0.00532. The van der Waals surface area contributed by atoms with Crippen LogP contribution in [-0.4, -0.2) is 67.1 Å². The summed E-state index contributed by atoms with van der Waals surface area (Å²) in [5.74, 6) is 0.796. The molecule has 4 rings (SSSR count). The summed E-state index contributed by atoms with van der Waals surface area (Å²) in [5, 5.41) is 2.68. The third kappa shape index (κ3) is 5.73. The number of rotatable bonds is 8. The smallest absolute Gasteiger partial charge is 0.273 e. The molecule has 168 valence electrons. The number of thiazole rings is 1. The lowest BCUT2D eigenvalue weighted by atomic mass is 10.1. The number of aryl methyl sites for hydroxylation is 1. The van der Waals surface area contributed by atoms with E-state index in [0.717, 1.165) is 61.2 Å². The molecule has 2 heterocycles. The summed E-state index contributed by atoms with van der Waals surface area (Å²) in [4.78, 5) is 21.8. The van der Waals surface area contributed by atoms with Crippen molar-refractivity contribution in [1.82, 2.24) is 14.8 Å². The van der Waals surface area contributed by atoms with Crippen LogP contribution in [-0.2, 0) is 11.3 Å². The molecule has 2 aromatic carbocycles. The minimum Gasteiger partial charge on any atom is -0.489 e. The summed E-state index contributed by atoms with van der Waals surface area (Å²) in [5.41, 5.74) is 3.83. The van der Waals surface area contributed by atoms with E-state index in [1.54, 1.807) is 7.11 Å². The minimum absolute atomic E-state index is 0.00532. The number of piperazine rings is 1. The second kappa shape index (κ2) is 10.7. The first kappa shape index (κ1) is 22.5. The van der Waals surface area contributed by atoms with Crippen LogP contribution in [0.2, 0.25) is 0 Å². The molecule has 7 heteroatoms. The highest BCUT2D eigenvalue weighted by Crippen LogP contribution is 2.28. The van der Waals surface area contributed by atoms with Crippen LogP contribution in [0.25, 0.3) is 10.6 Å². The fourth-order valence-electron chi connectivity index (χ4n) is 3.75. The molecule has 3 aromatic rings. The molecule has 1 saturated heterocycles. The van der Waals surface area contributed by atoms with E-state index in [1.807, 2.05) is 40.6 Å². The number of hydrogen-bond acceptors (Lipinski definition) is 6. The van der Waals surface area contributed by atoms with Gasteiger partial charge < -0.3 is 14.4 Å². The van der Waals surface area contributed by atoms with Crippen molar-refractivity contribution in [2.45, 2.75) is 13.5 Å². The number of aromatic nitrogens is 1. The topological polar surface area (TPSA) is 54.9 Å². The molecule has 0 N–H and O–H groups in total. The van der Waals surface area contributed by atoms with Gasteiger partial charge in [-0.25, -0.2) is 4.98 Å². The van der Waals surface area contributed by atoms with E-state index in [-0.39, 0.29) is 5.91 Å². The Morgan fingerprint density at radius 1 is 1.09 bits per heavy atom. The number of methoxy groups -OCH3 is 1. The number of carbonyl (C=O) groups excluding carboxylic acids is 1. The molecule has 1 fully saturated rings. The van der Waals surface area contributed by atoms with Gasteiger partial charge in [0.2, 0.25) is 0 Å². The van der Waals surface area contributed by atoms with Gasteiger partial charge in [-0.3, -0.25) is 9.69 Å².